The van der Waals surface area contributed by atoms with Gasteiger partial charge in [-0.05, 0) is 31.1 Å². The molecule has 0 spiro atoms. The second-order valence-corrected chi connectivity index (χ2v) is 20.6. The van der Waals surface area contributed by atoms with E-state index in [2.05, 4.69) is 34.6 Å². The molecule has 0 aliphatic heterocycles. The van der Waals surface area contributed by atoms with E-state index in [1.165, 1.54) is 212 Å². The SMILES string of the molecule is CCCCCCCCCCCCCCCCC(=O)OC[C@@H](COC(=O)CCCCCCCCCCCCCCCCC(C)CC)OC(=O)CCCCCCCCCCCCCC(C)C. The number of unbranched alkanes of at least 4 members (excludes halogenated alkanes) is 36. The Morgan fingerprint density at radius 1 is 0.328 bits per heavy atom. The first-order valence-corrected chi connectivity index (χ1v) is 28.8. The van der Waals surface area contributed by atoms with Crippen molar-refractivity contribution >= 4 is 17.9 Å². The Balaban J connectivity index is 4.29. The van der Waals surface area contributed by atoms with Gasteiger partial charge < -0.3 is 14.2 Å². The van der Waals surface area contributed by atoms with E-state index in [4.69, 9.17) is 14.2 Å². The summed E-state index contributed by atoms with van der Waals surface area (Å²) in [6.45, 7) is 11.4. The highest BCUT2D eigenvalue weighted by Gasteiger charge is 2.19. The van der Waals surface area contributed by atoms with Crippen LogP contribution in [0.1, 0.15) is 324 Å². The fourth-order valence-electron chi connectivity index (χ4n) is 8.84. The van der Waals surface area contributed by atoms with Crippen LogP contribution in [0.3, 0.4) is 0 Å². The second-order valence-electron chi connectivity index (χ2n) is 20.6. The molecule has 0 aromatic rings. The summed E-state index contributed by atoms with van der Waals surface area (Å²) in [5.74, 6) is 0.881. The van der Waals surface area contributed by atoms with Crippen molar-refractivity contribution in [2.24, 2.45) is 11.8 Å². The lowest BCUT2D eigenvalue weighted by Crippen LogP contribution is -2.30. The predicted molar refractivity (Wildman–Crippen MR) is 275 cm³/mol. The van der Waals surface area contributed by atoms with Crippen molar-refractivity contribution in [1.82, 2.24) is 0 Å². The molecule has 6 heteroatoms. The first-order chi connectivity index (χ1) is 31.3. The van der Waals surface area contributed by atoms with Crippen LogP contribution in [-0.4, -0.2) is 37.2 Å². The highest BCUT2D eigenvalue weighted by atomic mass is 16.6. The van der Waals surface area contributed by atoms with E-state index in [0.717, 1.165) is 69.6 Å². The zero-order valence-corrected chi connectivity index (χ0v) is 43.9. The summed E-state index contributed by atoms with van der Waals surface area (Å²) in [5, 5.41) is 0. The molecule has 0 rings (SSSR count). The third-order valence-electron chi connectivity index (χ3n) is 13.6. The van der Waals surface area contributed by atoms with Crippen LogP contribution < -0.4 is 0 Å². The van der Waals surface area contributed by atoms with Gasteiger partial charge in [-0.25, -0.2) is 0 Å². The first kappa shape index (κ1) is 62.4. The Morgan fingerprint density at radius 3 is 0.891 bits per heavy atom. The number of hydrogen-bond acceptors (Lipinski definition) is 6. The molecule has 0 amide bonds. The summed E-state index contributed by atoms with van der Waals surface area (Å²) >= 11 is 0. The molecule has 2 atom stereocenters. The maximum Gasteiger partial charge on any atom is 0.306 e. The van der Waals surface area contributed by atoms with Gasteiger partial charge in [0.25, 0.3) is 0 Å². The van der Waals surface area contributed by atoms with Gasteiger partial charge >= 0.3 is 17.9 Å². The zero-order chi connectivity index (χ0) is 46.8. The Kier molecular flexibility index (Phi) is 49.6. The molecule has 0 heterocycles. The number of carbonyl (C=O) groups excluding carboxylic acids is 3. The molecule has 0 aliphatic rings. The van der Waals surface area contributed by atoms with Crippen LogP contribution >= 0.6 is 0 Å². The van der Waals surface area contributed by atoms with Gasteiger partial charge in [-0.2, -0.15) is 0 Å². The van der Waals surface area contributed by atoms with Gasteiger partial charge in [0, 0.05) is 19.3 Å². The van der Waals surface area contributed by atoms with Crippen LogP contribution in [0.2, 0.25) is 0 Å². The van der Waals surface area contributed by atoms with Crippen LogP contribution in [0.4, 0.5) is 0 Å². The molecule has 0 aromatic heterocycles. The number of hydrogen-bond donors (Lipinski definition) is 0. The fourth-order valence-corrected chi connectivity index (χ4v) is 8.84. The predicted octanol–water partition coefficient (Wildman–Crippen LogP) is 18.9. The normalized spacial score (nSPS) is 12.5. The van der Waals surface area contributed by atoms with Crippen LogP contribution in [0.25, 0.3) is 0 Å². The minimum absolute atomic E-state index is 0.0628. The van der Waals surface area contributed by atoms with Crippen LogP contribution in [0, 0.1) is 11.8 Å². The molecule has 1 unspecified atom stereocenters. The number of ether oxygens (including phenoxy) is 3. The highest BCUT2D eigenvalue weighted by Crippen LogP contribution is 2.18. The van der Waals surface area contributed by atoms with Crippen LogP contribution in [-0.2, 0) is 28.6 Å². The molecule has 0 aromatic carbocycles. The zero-order valence-electron chi connectivity index (χ0n) is 43.9. The van der Waals surface area contributed by atoms with Crippen molar-refractivity contribution < 1.29 is 28.6 Å². The van der Waals surface area contributed by atoms with Crippen LogP contribution in [0.5, 0.6) is 0 Å². The molecule has 6 nitrogen and oxygen atoms in total. The van der Waals surface area contributed by atoms with Gasteiger partial charge in [0.1, 0.15) is 13.2 Å². The van der Waals surface area contributed by atoms with E-state index in [9.17, 15) is 14.4 Å². The number of carbonyl (C=O) groups is 3. The average molecular weight is 906 g/mol. The highest BCUT2D eigenvalue weighted by molar-refractivity contribution is 5.71. The molecule has 0 fully saturated rings. The molecule has 0 saturated heterocycles. The van der Waals surface area contributed by atoms with Gasteiger partial charge in [-0.15, -0.1) is 0 Å². The maximum atomic E-state index is 12.8. The fraction of sp³-hybridized carbons (Fsp3) is 0.948. The van der Waals surface area contributed by atoms with E-state index in [-0.39, 0.29) is 31.1 Å². The van der Waals surface area contributed by atoms with Crippen LogP contribution in [0.15, 0.2) is 0 Å². The molecule has 0 saturated carbocycles. The summed E-state index contributed by atoms with van der Waals surface area (Å²) in [5.41, 5.74) is 0. The lowest BCUT2D eigenvalue weighted by Gasteiger charge is -2.18. The largest absolute Gasteiger partial charge is 0.462 e. The van der Waals surface area contributed by atoms with Crippen molar-refractivity contribution in [3.05, 3.63) is 0 Å². The van der Waals surface area contributed by atoms with E-state index in [1.54, 1.807) is 0 Å². The van der Waals surface area contributed by atoms with E-state index in [1.807, 2.05) is 0 Å². The molecule has 0 N–H and O–H groups in total. The molecule has 64 heavy (non-hydrogen) atoms. The summed E-state index contributed by atoms with van der Waals surface area (Å²) in [6, 6.07) is 0. The van der Waals surface area contributed by atoms with E-state index < -0.39 is 6.10 Å². The van der Waals surface area contributed by atoms with Crippen molar-refractivity contribution in [2.75, 3.05) is 13.2 Å². The smallest absolute Gasteiger partial charge is 0.306 e. The second kappa shape index (κ2) is 50.8. The summed E-state index contributed by atoms with van der Waals surface area (Å²) in [4.78, 5) is 38.1. The molecular weight excluding hydrogens is 793 g/mol. The summed E-state index contributed by atoms with van der Waals surface area (Å²) in [6.07, 6.45) is 53.7. The lowest BCUT2D eigenvalue weighted by atomic mass is 9.99. The average Bonchev–Trinajstić information content (AvgIpc) is 3.28. The van der Waals surface area contributed by atoms with Crippen molar-refractivity contribution in [3.63, 3.8) is 0 Å². The molecular formula is C58H112O6. The maximum absolute atomic E-state index is 12.8. The quantitative estimate of drug-likeness (QED) is 0.0344. The minimum atomic E-state index is -0.762. The third kappa shape index (κ3) is 49.8. The van der Waals surface area contributed by atoms with Crippen molar-refractivity contribution in [1.29, 1.82) is 0 Å². The summed E-state index contributed by atoms with van der Waals surface area (Å²) in [7, 11) is 0. The van der Waals surface area contributed by atoms with Gasteiger partial charge in [-0.1, -0.05) is 285 Å². The Morgan fingerprint density at radius 2 is 0.594 bits per heavy atom. The van der Waals surface area contributed by atoms with Gasteiger partial charge in [0.2, 0.25) is 0 Å². The first-order valence-electron chi connectivity index (χ1n) is 28.8. The topological polar surface area (TPSA) is 78.9 Å². The van der Waals surface area contributed by atoms with Crippen molar-refractivity contribution in [2.45, 2.75) is 330 Å². The van der Waals surface area contributed by atoms with Crippen molar-refractivity contribution in [3.8, 4) is 0 Å². The number of rotatable bonds is 52. The molecule has 0 radical (unpaired) electrons. The van der Waals surface area contributed by atoms with Gasteiger partial charge in [0.15, 0.2) is 6.10 Å². The van der Waals surface area contributed by atoms with Gasteiger partial charge in [-0.3, -0.25) is 14.4 Å². The molecule has 380 valence electrons. The van der Waals surface area contributed by atoms with Gasteiger partial charge in [0.05, 0.1) is 0 Å². The van der Waals surface area contributed by atoms with E-state index >= 15 is 0 Å². The summed E-state index contributed by atoms with van der Waals surface area (Å²) < 4.78 is 16.9. The molecule has 0 bridgehead atoms. The minimum Gasteiger partial charge on any atom is -0.462 e. The Hall–Kier alpha value is -1.59. The standard InChI is InChI=1S/C58H112O6/c1-6-8-9-10-11-12-13-14-18-23-28-33-38-43-48-56(59)62-51-55(64-58(61)50-45-40-35-30-25-20-21-26-31-36-41-46-53(3)4)52-63-57(60)49-44-39-34-29-24-19-16-15-17-22-27-32-37-42-47-54(5)7-2/h53-55H,6-52H2,1-5H3/t54?,55-/m0/s1. The monoisotopic (exact) mass is 905 g/mol. The van der Waals surface area contributed by atoms with E-state index in [0.29, 0.717) is 19.3 Å². The Bertz CT molecular complexity index is 980. The Labute approximate surface area is 399 Å². The number of esters is 3. The lowest BCUT2D eigenvalue weighted by molar-refractivity contribution is -0.167. The molecule has 0 aliphatic carbocycles. The third-order valence-corrected chi connectivity index (χ3v) is 13.6.